The number of carbonyl (C=O) groups excluding carboxylic acids is 1. The van der Waals surface area contributed by atoms with Crippen LogP contribution < -0.4 is 0 Å². The highest BCUT2D eigenvalue weighted by Crippen LogP contribution is 2.36. The molecule has 3 rings (SSSR count). The first-order valence-electron chi connectivity index (χ1n) is 7.13. The highest BCUT2D eigenvalue weighted by atomic mass is 16.1. The van der Waals surface area contributed by atoms with E-state index in [1.54, 1.807) is 6.20 Å². The van der Waals surface area contributed by atoms with Crippen molar-refractivity contribution in [1.82, 2.24) is 9.97 Å². The van der Waals surface area contributed by atoms with Gasteiger partial charge in [0.05, 0.1) is 11.3 Å². The van der Waals surface area contributed by atoms with E-state index in [1.807, 2.05) is 0 Å². The molecule has 0 aliphatic heterocycles. The maximum absolute atomic E-state index is 11.9. The Hall–Kier alpha value is -1.25. The molecule has 1 aromatic heterocycles. The van der Waals surface area contributed by atoms with Gasteiger partial charge in [0.1, 0.15) is 5.82 Å². The number of ketones is 1. The van der Waals surface area contributed by atoms with Gasteiger partial charge in [0, 0.05) is 18.5 Å². The molecular formula is C15H20N2O. The quantitative estimate of drug-likeness (QED) is 0.712. The van der Waals surface area contributed by atoms with Crippen molar-refractivity contribution < 1.29 is 4.79 Å². The second-order valence-corrected chi connectivity index (χ2v) is 5.83. The van der Waals surface area contributed by atoms with Crippen LogP contribution in [0.4, 0.5) is 0 Å². The van der Waals surface area contributed by atoms with Gasteiger partial charge in [-0.2, -0.15) is 0 Å². The van der Waals surface area contributed by atoms with Crippen LogP contribution in [-0.2, 0) is 6.42 Å². The fourth-order valence-electron chi connectivity index (χ4n) is 3.21. The van der Waals surface area contributed by atoms with Gasteiger partial charge in [-0.15, -0.1) is 0 Å². The normalized spacial score (nSPS) is 27.9. The lowest BCUT2D eigenvalue weighted by atomic mass is 10.0. The lowest BCUT2D eigenvalue weighted by molar-refractivity contribution is 0.0981. The van der Waals surface area contributed by atoms with Crippen LogP contribution in [0.5, 0.6) is 0 Å². The first-order chi connectivity index (χ1) is 8.74. The van der Waals surface area contributed by atoms with Crippen LogP contribution in [0, 0.1) is 5.92 Å². The molecule has 0 spiro atoms. The Balaban J connectivity index is 1.90. The van der Waals surface area contributed by atoms with Gasteiger partial charge in [-0.05, 0) is 44.4 Å². The highest BCUT2D eigenvalue weighted by Gasteiger charge is 2.26. The van der Waals surface area contributed by atoms with Crippen molar-refractivity contribution in [2.24, 2.45) is 5.92 Å². The Morgan fingerprint density at radius 2 is 2.06 bits per heavy atom. The van der Waals surface area contributed by atoms with Crippen molar-refractivity contribution in [3.63, 3.8) is 0 Å². The number of hydrogen-bond donors (Lipinski definition) is 0. The Labute approximate surface area is 108 Å². The first-order valence-corrected chi connectivity index (χ1v) is 7.13. The Kier molecular flexibility index (Phi) is 3.14. The molecule has 1 saturated carbocycles. The van der Waals surface area contributed by atoms with Gasteiger partial charge in [0.15, 0.2) is 5.78 Å². The number of fused-ring (bicyclic) bond motifs is 1. The van der Waals surface area contributed by atoms with Crippen LogP contribution in [0.3, 0.4) is 0 Å². The first kappa shape index (κ1) is 11.8. The molecule has 3 nitrogen and oxygen atoms in total. The number of hydrogen-bond acceptors (Lipinski definition) is 3. The minimum atomic E-state index is 0.230. The van der Waals surface area contributed by atoms with Crippen LogP contribution in [0.1, 0.15) is 73.2 Å². The van der Waals surface area contributed by atoms with E-state index in [0.717, 1.165) is 42.3 Å². The van der Waals surface area contributed by atoms with E-state index in [2.05, 4.69) is 11.9 Å². The molecule has 0 aromatic carbocycles. The van der Waals surface area contributed by atoms with E-state index < -0.39 is 0 Å². The van der Waals surface area contributed by atoms with Gasteiger partial charge in [-0.25, -0.2) is 9.97 Å². The predicted molar refractivity (Wildman–Crippen MR) is 69.7 cm³/mol. The second kappa shape index (κ2) is 4.79. The van der Waals surface area contributed by atoms with E-state index >= 15 is 0 Å². The molecule has 2 unspecified atom stereocenters. The number of carbonyl (C=O) groups is 1. The van der Waals surface area contributed by atoms with Crippen molar-refractivity contribution >= 4 is 5.78 Å². The van der Waals surface area contributed by atoms with Gasteiger partial charge in [-0.1, -0.05) is 6.92 Å². The summed E-state index contributed by atoms with van der Waals surface area (Å²) in [7, 11) is 0. The summed E-state index contributed by atoms with van der Waals surface area (Å²) in [6.07, 6.45) is 9.15. The Morgan fingerprint density at radius 1 is 1.22 bits per heavy atom. The molecule has 1 heterocycles. The van der Waals surface area contributed by atoms with E-state index in [9.17, 15) is 4.79 Å². The van der Waals surface area contributed by atoms with Crippen molar-refractivity contribution in [2.75, 3.05) is 0 Å². The topological polar surface area (TPSA) is 42.9 Å². The molecule has 2 aliphatic rings. The second-order valence-electron chi connectivity index (χ2n) is 5.83. The van der Waals surface area contributed by atoms with Crippen molar-refractivity contribution in [3.05, 3.63) is 23.3 Å². The molecule has 2 aliphatic carbocycles. The molecule has 0 amide bonds. The van der Waals surface area contributed by atoms with E-state index in [-0.39, 0.29) is 5.78 Å². The van der Waals surface area contributed by atoms with Crippen LogP contribution in [0.15, 0.2) is 6.20 Å². The maximum atomic E-state index is 11.9. The third kappa shape index (κ3) is 2.18. The number of Topliss-reactive ketones (excluding diaryl/α,β-unsaturated/α-hetero) is 1. The summed E-state index contributed by atoms with van der Waals surface area (Å²) >= 11 is 0. The predicted octanol–water partition coefficient (Wildman–Crippen LogP) is 3.29. The zero-order chi connectivity index (χ0) is 12.5. The molecule has 2 atom stereocenters. The van der Waals surface area contributed by atoms with Crippen LogP contribution >= 0.6 is 0 Å². The third-order valence-corrected chi connectivity index (χ3v) is 4.31. The van der Waals surface area contributed by atoms with E-state index in [0.29, 0.717) is 12.3 Å². The van der Waals surface area contributed by atoms with Gasteiger partial charge in [0.25, 0.3) is 0 Å². The molecular weight excluding hydrogens is 224 g/mol. The molecule has 0 radical (unpaired) electrons. The summed E-state index contributed by atoms with van der Waals surface area (Å²) < 4.78 is 0. The van der Waals surface area contributed by atoms with Gasteiger partial charge < -0.3 is 0 Å². The zero-order valence-electron chi connectivity index (χ0n) is 11.0. The number of nitrogens with zero attached hydrogens (tertiary/aromatic N) is 2. The summed E-state index contributed by atoms with van der Waals surface area (Å²) in [4.78, 5) is 21.1. The summed E-state index contributed by atoms with van der Waals surface area (Å²) in [5, 5.41) is 0. The molecule has 0 saturated heterocycles. The third-order valence-electron chi connectivity index (χ3n) is 4.31. The van der Waals surface area contributed by atoms with Crippen molar-refractivity contribution in [3.8, 4) is 0 Å². The van der Waals surface area contributed by atoms with Gasteiger partial charge >= 0.3 is 0 Å². The van der Waals surface area contributed by atoms with Gasteiger partial charge in [-0.3, -0.25) is 4.79 Å². The average Bonchev–Trinajstić information content (AvgIpc) is 2.72. The van der Waals surface area contributed by atoms with Crippen molar-refractivity contribution in [2.45, 2.75) is 57.8 Å². The molecule has 3 heteroatoms. The number of aryl methyl sites for hydroxylation is 1. The SMILES string of the molecule is CC1CCC(c2ncc3c(n2)CCCCC3=O)C1. The van der Waals surface area contributed by atoms with Gasteiger partial charge in [0.2, 0.25) is 0 Å². The average molecular weight is 244 g/mol. The van der Waals surface area contributed by atoms with Crippen LogP contribution in [0.2, 0.25) is 0 Å². The largest absolute Gasteiger partial charge is 0.294 e. The van der Waals surface area contributed by atoms with E-state index in [4.69, 9.17) is 4.98 Å². The fraction of sp³-hybridized carbons (Fsp3) is 0.667. The smallest absolute Gasteiger partial charge is 0.166 e. The number of aromatic nitrogens is 2. The summed E-state index contributed by atoms with van der Waals surface area (Å²) in [5.41, 5.74) is 1.78. The lowest BCUT2D eigenvalue weighted by Gasteiger charge is -2.11. The Bertz CT molecular complexity index is 470. The minimum Gasteiger partial charge on any atom is -0.294 e. The zero-order valence-corrected chi connectivity index (χ0v) is 11.0. The highest BCUT2D eigenvalue weighted by molar-refractivity contribution is 5.97. The standard InChI is InChI=1S/C15H20N2O/c1-10-6-7-11(8-10)15-16-9-12-13(17-15)4-2-3-5-14(12)18/h9-11H,2-8H2,1H3. The molecule has 18 heavy (non-hydrogen) atoms. The molecule has 1 fully saturated rings. The van der Waals surface area contributed by atoms with Crippen LogP contribution in [-0.4, -0.2) is 15.8 Å². The lowest BCUT2D eigenvalue weighted by Crippen LogP contribution is -2.09. The summed E-state index contributed by atoms with van der Waals surface area (Å²) in [6.45, 7) is 2.30. The molecule has 0 bridgehead atoms. The number of rotatable bonds is 1. The fourth-order valence-corrected chi connectivity index (χ4v) is 3.21. The summed E-state index contributed by atoms with van der Waals surface area (Å²) in [6, 6.07) is 0. The molecule has 0 N–H and O–H groups in total. The minimum absolute atomic E-state index is 0.230. The maximum Gasteiger partial charge on any atom is 0.166 e. The molecule has 1 aromatic rings. The molecule has 96 valence electrons. The monoisotopic (exact) mass is 244 g/mol. The Morgan fingerprint density at radius 3 is 2.83 bits per heavy atom. The van der Waals surface area contributed by atoms with Crippen LogP contribution in [0.25, 0.3) is 0 Å². The van der Waals surface area contributed by atoms with E-state index in [1.165, 1.54) is 19.3 Å². The summed E-state index contributed by atoms with van der Waals surface area (Å²) in [5.74, 6) is 2.52. The van der Waals surface area contributed by atoms with Crippen molar-refractivity contribution in [1.29, 1.82) is 0 Å².